The maximum absolute atomic E-state index is 12.9. The lowest BCUT2D eigenvalue weighted by Gasteiger charge is -2.12. The largest absolute Gasteiger partial charge is 0.493 e. The van der Waals surface area contributed by atoms with Crippen LogP contribution in [0.4, 0.5) is 5.69 Å². The first-order chi connectivity index (χ1) is 14.2. The highest BCUT2D eigenvalue weighted by atomic mass is 79.9. The van der Waals surface area contributed by atoms with Gasteiger partial charge in [0.05, 0.1) is 29.6 Å². The second-order valence-electron chi connectivity index (χ2n) is 6.33. The summed E-state index contributed by atoms with van der Waals surface area (Å²) in [6.45, 7) is 2.99. The van der Waals surface area contributed by atoms with Crippen molar-refractivity contribution in [3.05, 3.63) is 57.6 Å². The molecule has 3 rings (SSSR count). The van der Waals surface area contributed by atoms with Crippen LogP contribution in [-0.4, -0.2) is 35.8 Å². The van der Waals surface area contributed by atoms with Gasteiger partial charge in [-0.3, -0.25) is 9.59 Å². The molecule has 9 heteroatoms. The third kappa shape index (κ3) is 4.25. The first kappa shape index (κ1) is 21.3. The molecule has 154 valence electrons. The third-order valence-electron chi connectivity index (χ3n) is 4.26. The van der Waals surface area contributed by atoms with Crippen molar-refractivity contribution in [2.75, 3.05) is 12.1 Å². The van der Waals surface area contributed by atoms with Crippen LogP contribution in [0, 0.1) is 0 Å². The summed E-state index contributed by atoms with van der Waals surface area (Å²) in [5.74, 6) is -1.30. The fraction of sp³-hybridized carbons (Fsp3) is 0.143. The quantitative estimate of drug-likeness (QED) is 0.402. The number of carbonyl (C=O) groups is 3. The van der Waals surface area contributed by atoms with E-state index in [4.69, 9.17) is 14.6 Å². The lowest BCUT2D eigenvalue weighted by Crippen LogP contribution is -2.21. The molecule has 0 bridgehead atoms. The van der Waals surface area contributed by atoms with Crippen LogP contribution in [0.1, 0.15) is 29.8 Å². The zero-order valence-electron chi connectivity index (χ0n) is 16.3. The Kier molecular flexibility index (Phi) is 6.02. The highest BCUT2D eigenvalue weighted by Crippen LogP contribution is 2.35. The number of methoxy groups -OCH3 is 1. The van der Waals surface area contributed by atoms with Gasteiger partial charge in [-0.1, -0.05) is 15.9 Å². The van der Waals surface area contributed by atoms with E-state index >= 15 is 0 Å². The number of hydrogen-bond acceptors (Lipinski definition) is 6. The predicted molar refractivity (Wildman–Crippen MR) is 114 cm³/mol. The second-order valence-corrected chi connectivity index (χ2v) is 7.18. The number of carbonyl (C=O) groups excluding carboxylic acids is 2. The molecule has 0 atom stereocenters. The van der Waals surface area contributed by atoms with E-state index in [2.05, 4.69) is 21.0 Å². The summed E-state index contributed by atoms with van der Waals surface area (Å²) >= 11 is 3.42. The first-order valence-electron chi connectivity index (χ1n) is 8.72. The molecular weight excluding hydrogens is 456 g/mol. The molecule has 0 aliphatic carbocycles. The number of hydrazone groups is 1. The molecular formula is C21H17BrN2O6. The normalized spacial score (nSPS) is 14.7. The van der Waals surface area contributed by atoms with E-state index in [9.17, 15) is 14.4 Å². The smallest absolute Gasteiger partial charge is 0.335 e. The maximum atomic E-state index is 12.9. The number of nitrogens with zero attached hydrogens (tertiary/aromatic N) is 2. The van der Waals surface area contributed by atoms with E-state index in [1.54, 1.807) is 25.1 Å². The Balaban J connectivity index is 1.95. The summed E-state index contributed by atoms with van der Waals surface area (Å²) in [6, 6.07) is 9.09. The minimum absolute atomic E-state index is 0.116. The summed E-state index contributed by atoms with van der Waals surface area (Å²) in [4.78, 5) is 35.2. The average Bonchev–Trinajstić information content (AvgIpc) is 2.97. The molecule has 0 spiro atoms. The molecule has 2 aromatic carbocycles. The van der Waals surface area contributed by atoms with Gasteiger partial charge in [-0.15, -0.1) is 0 Å². The molecule has 0 aromatic heterocycles. The SMILES string of the molecule is COc1cc(C=C2C(=O)N(c3ccc(C(=O)O)cc3)N=C2C)c(Br)cc1OC(C)=O. The lowest BCUT2D eigenvalue weighted by molar-refractivity contribution is -0.132. The van der Waals surface area contributed by atoms with Gasteiger partial charge < -0.3 is 14.6 Å². The van der Waals surface area contributed by atoms with Crippen molar-refractivity contribution in [1.29, 1.82) is 0 Å². The number of amides is 1. The Morgan fingerprint density at radius 2 is 1.83 bits per heavy atom. The fourth-order valence-electron chi connectivity index (χ4n) is 2.82. The van der Waals surface area contributed by atoms with Crippen molar-refractivity contribution in [2.24, 2.45) is 5.10 Å². The first-order valence-corrected chi connectivity index (χ1v) is 9.51. The van der Waals surface area contributed by atoms with Gasteiger partial charge >= 0.3 is 11.9 Å². The summed E-state index contributed by atoms with van der Waals surface area (Å²) in [5, 5.41) is 14.5. The number of carboxylic acids is 1. The van der Waals surface area contributed by atoms with E-state index in [0.717, 1.165) is 0 Å². The summed E-state index contributed by atoms with van der Waals surface area (Å²) in [6.07, 6.45) is 1.65. The summed E-state index contributed by atoms with van der Waals surface area (Å²) in [7, 11) is 1.45. The van der Waals surface area contributed by atoms with Crippen LogP contribution in [0.3, 0.4) is 0 Å². The molecule has 1 aliphatic heterocycles. The Bertz CT molecular complexity index is 1110. The Morgan fingerprint density at radius 3 is 2.40 bits per heavy atom. The highest BCUT2D eigenvalue weighted by molar-refractivity contribution is 9.10. The molecule has 2 aromatic rings. The molecule has 0 fully saturated rings. The van der Waals surface area contributed by atoms with Crippen molar-refractivity contribution < 1.29 is 29.0 Å². The van der Waals surface area contributed by atoms with E-state index in [0.29, 0.717) is 32.8 Å². The number of hydrogen-bond donors (Lipinski definition) is 1. The minimum Gasteiger partial charge on any atom is -0.493 e. The highest BCUT2D eigenvalue weighted by Gasteiger charge is 2.29. The number of halogens is 1. The Morgan fingerprint density at radius 1 is 1.17 bits per heavy atom. The van der Waals surface area contributed by atoms with Gasteiger partial charge in [0, 0.05) is 11.4 Å². The van der Waals surface area contributed by atoms with E-state index in [-0.39, 0.29) is 17.2 Å². The van der Waals surface area contributed by atoms with Gasteiger partial charge in [0.25, 0.3) is 5.91 Å². The standard InChI is InChI=1S/C21H17BrN2O6/c1-11-16(8-14-9-18(29-3)19(10-17(14)22)30-12(2)25)20(26)24(23-11)15-6-4-13(5-7-15)21(27)28/h4-10H,1-3H3,(H,27,28). The van der Waals surface area contributed by atoms with Crippen LogP contribution in [0.15, 0.2) is 51.5 Å². The van der Waals surface area contributed by atoms with E-state index in [1.807, 2.05) is 0 Å². The van der Waals surface area contributed by atoms with E-state index < -0.39 is 11.9 Å². The Hall–Kier alpha value is -3.46. The maximum Gasteiger partial charge on any atom is 0.335 e. The molecule has 1 amide bonds. The van der Waals surface area contributed by atoms with Crippen molar-refractivity contribution in [3.8, 4) is 11.5 Å². The van der Waals surface area contributed by atoms with Crippen molar-refractivity contribution in [1.82, 2.24) is 0 Å². The molecule has 30 heavy (non-hydrogen) atoms. The second kappa shape index (κ2) is 8.50. The van der Waals surface area contributed by atoms with E-state index in [1.165, 1.54) is 43.3 Å². The molecule has 0 saturated carbocycles. The van der Waals surface area contributed by atoms with Gasteiger partial charge in [-0.05, 0) is 55.0 Å². The number of esters is 1. The van der Waals surface area contributed by atoms with Crippen LogP contribution in [0.5, 0.6) is 11.5 Å². The van der Waals surface area contributed by atoms with Gasteiger partial charge in [0.1, 0.15) is 0 Å². The lowest BCUT2D eigenvalue weighted by atomic mass is 10.1. The summed E-state index contributed by atoms with van der Waals surface area (Å²) in [5.41, 5.74) is 2.06. The number of anilines is 1. The zero-order valence-corrected chi connectivity index (χ0v) is 17.9. The average molecular weight is 473 g/mol. The van der Waals surface area contributed by atoms with Crippen molar-refractivity contribution >= 4 is 51.3 Å². The van der Waals surface area contributed by atoms with Crippen molar-refractivity contribution in [2.45, 2.75) is 13.8 Å². The zero-order chi connectivity index (χ0) is 22.0. The van der Waals surface area contributed by atoms with Crippen LogP contribution < -0.4 is 14.5 Å². The molecule has 8 nitrogen and oxygen atoms in total. The number of rotatable bonds is 5. The van der Waals surface area contributed by atoms with Gasteiger partial charge in [-0.25, -0.2) is 4.79 Å². The minimum atomic E-state index is -1.05. The predicted octanol–water partition coefficient (Wildman–Crippen LogP) is 3.89. The van der Waals surface area contributed by atoms with Crippen LogP contribution >= 0.6 is 15.9 Å². The van der Waals surface area contributed by atoms with Crippen molar-refractivity contribution in [3.63, 3.8) is 0 Å². The molecule has 1 N–H and O–H groups in total. The topological polar surface area (TPSA) is 106 Å². The molecule has 0 saturated heterocycles. The van der Waals surface area contributed by atoms with Gasteiger partial charge in [0.2, 0.25) is 0 Å². The van der Waals surface area contributed by atoms with Crippen LogP contribution in [0.2, 0.25) is 0 Å². The number of ether oxygens (including phenoxy) is 2. The molecule has 1 heterocycles. The van der Waals surface area contributed by atoms with Gasteiger partial charge in [-0.2, -0.15) is 10.1 Å². The molecule has 1 aliphatic rings. The number of aromatic carboxylic acids is 1. The third-order valence-corrected chi connectivity index (χ3v) is 4.94. The Labute approximate surface area is 180 Å². The molecule has 0 unspecified atom stereocenters. The fourth-order valence-corrected chi connectivity index (χ4v) is 3.25. The summed E-state index contributed by atoms with van der Waals surface area (Å²) < 4.78 is 11.0. The molecule has 0 radical (unpaired) electrons. The number of carboxylic acid groups (broad SMARTS) is 1. The van der Waals surface area contributed by atoms with Crippen LogP contribution in [-0.2, 0) is 9.59 Å². The monoisotopic (exact) mass is 472 g/mol. The van der Waals surface area contributed by atoms with Crippen LogP contribution in [0.25, 0.3) is 6.08 Å². The number of benzene rings is 2. The van der Waals surface area contributed by atoms with Gasteiger partial charge in [0.15, 0.2) is 11.5 Å².